The summed E-state index contributed by atoms with van der Waals surface area (Å²) in [6.07, 6.45) is 0.654. The van der Waals surface area contributed by atoms with E-state index in [1.807, 2.05) is 13.8 Å². The molecule has 0 bridgehead atoms. The Kier molecular flexibility index (Phi) is 5.20. The number of amides is 4. The fraction of sp³-hybridized carbons (Fsp3) is 0.333. The Hall–Kier alpha value is -3.73. The molecule has 0 radical (unpaired) electrons. The quantitative estimate of drug-likeness (QED) is 0.552. The van der Waals surface area contributed by atoms with Gasteiger partial charge < -0.3 is 10.2 Å². The molecule has 35 heavy (non-hydrogen) atoms. The summed E-state index contributed by atoms with van der Waals surface area (Å²) < 4.78 is 28.9. The van der Waals surface area contributed by atoms with Crippen LogP contribution in [-0.2, 0) is 36.4 Å². The number of nitrogens with zero attached hydrogens (tertiary/aromatic N) is 1. The van der Waals surface area contributed by atoms with E-state index >= 15 is 0 Å². The Morgan fingerprint density at radius 2 is 1.77 bits per heavy atom. The molecule has 0 aliphatic carbocycles. The van der Waals surface area contributed by atoms with Crippen LogP contribution in [0, 0.1) is 0 Å². The smallest absolute Gasteiger partial charge is 0.261 e. The standard InChI is InChI=1S/C24H24N4O6S/c1-24(2)11-21(30)25-18-6-4-15(10-17(18)24)35(33,34)27-14-3-5-16-13(9-14)12-28(23(16)32)19-7-8-20(29)26-22(19)31/h3-6,9-10,19,27H,7-8,11-12H2,1-2H3,(H,25,30)(H,26,29,31). The highest BCUT2D eigenvalue weighted by Crippen LogP contribution is 2.38. The van der Waals surface area contributed by atoms with Crippen molar-refractivity contribution in [1.82, 2.24) is 10.2 Å². The number of anilines is 2. The molecule has 5 rings (SSSR count). The second kappa shape index (κ2) is 7.91. The van der Waals surface area contributed by atoms with Gasteiger partial charge >= 0.3 is 0 Å². The molecule has 2 aromatic carbocycles. The molecule has 3 N–H and O–H groups in total. The summed E-state index contributed by atoms with van der Waals surface area (Å²) >= 11 is 0. The van der Waals surface area contributed by atoms with E-state index in [-0.39, 0.29) is 54.1 Å². The normalized spacial score (nSPS) is 21.2. The number of hydrogen-bond acceptors (Lipinski definition) is 6. The maximum Gasteiger partial charge on any atom is 0.261 e. The number of rotatable bonds is 4. The first-order valence-electron chi connectivity index (χ1n) is 11.2. The van der Waals surface area contributed by atoms with Gasteiger partial charge in [0.1, 0.15) is 6.04 Å². The van der Waals surface area contributed by atoms with E-state index in [1.54, 1.807) is 18.2 Å². The minimum atomic E-state index is -3.95. The lowest BCUT2D eigenvalue weighted by molar-refractivity contribution is -0.137. The molecule has 182 valence electrons. The van der Waals surface area contributed by atoms with Crippen molar-refractivity contribution in [2.24, 2.45) is 0 Å². The van der Waals surface area contributed by atoms with E-state index in [1.165, 1.54) is 23.1 Å². The van der Waals surface area contributed by atoms with Crippen LogP contribution in [0.4, 0.5) is 11.4 Å². The number of carbonyl (C=O) groups is 4. The zero-order valence-electron chi connectivity index (χ0n) is 19.2. The first-order valence-corrected chi connectivity index (χ1v) is 12.7. The molecule has 0 aromatic heterocycles. The molecule has 1 saturated heterocycles. The molecule has 1 atom stereocenters. The van der Waals surface area contributed by atoms with E-state index < -0.39 is 27.4 Å². The monoisotopic (exact) mass is 496 g/mol. The molecule has 1 unspecified atom stereocenters. The molecular weight excluding hydrogens is 472 g/mol. The van der Waals surface area contributed by atoms with Crippen molar-refractivity contribution in [2.45, 2.75) is 56.0 Å². The van der Waals surface area contributed by atoms with Crippen LogP contribution in [-0.4, -0.2) is 43.0 Å². The third-order valence-electron chi connectivity index (χ3n) is 6.68. The molecule has 11 heteroatoms. The number of nitrogens with one attached hydrogen (secondary N) is 3. The molecule has 1 fully saturated rings. The van der Waals surface area contributed by atoms with E-state index in [2.05, 4.69) is 15.4 Å². The minimum Gasteiger partial charge on any atom is -0.326 e. The van der Waals surface area contributed by atoms with Gasteiger partial charge in [-0.15, -0.1) is 0 Å². The lowest BCUT2D eigenvalue weighted by Gasteiger charge is -2.32. The van der Waals surface area contributed by atoms with Crippen LogP contribution in [0.15, 0.2) is 41.3 Å². The first kappa shape index (κ1) is 23.0. The van der Waals surface area contributed by atoms with Gasteiger partial charge in [-0.3, -0.25) is 29.2 Å². The highest BCUT2D eigenvalue weighted by atomic mass is 32.2. The Morgan fingerprint density at radius 1 is 1.00 bits per heavy atom. The molecule has 10 nitrogen and oxygen atoms in total. The lowest BCUT2D eigenvalue weighted by Crippen LogP contribution is -2.52. The third-order valence-corrected chi connectivity index (χ3v) is 8.06. The van der Waals surface area contributed by atoms with Crippen LogP contribution in [0.5, 0.6) is 0 Å². The molecule has 3 heterocycles. The summed E-state index contributed by atoms with van der Waals surface area (Å²) in [4.78, 5) is 49.9. The lowest BCUT2D eigenvalue weighted by atomic mass is 9.78. The summed E-state index contributed by atoms with van der Waals surface area (Å²) in [5.74, 6) is -1.31. The molecule has 4 amide bonds. The third kappa shape index (κ3) is 4.05. The van der Waals surface area contributed by atoms with Crippen LogP contribution < -0.4 is 15.4 Å². The fourth-order valence-electron chi connectivity index (χ4n) is 4.90. The van der Waals surface area contributed by atoms with E-state index in [0.29, 0.717) is 16.8 Å². The molecule has 2 aromatic rings. The van der Waals surface area contributed by atoms with Gasteiger partial charge in [0.25, 0.3) is 15.9 Å². The van der Waals surface area contributed by atoms with Crippen LogP contribution in [0.1, 0.15) is 54.6 Å². The minimum absolute atomic E-state index is 0.0576. The number of benzene rings is 2. The highest BCUT2D eigenvalue weighted by Gasteiger charge is 2.39. The van der Waals surface area contributed by atoms with Gasteiger partial charge in [0.2, 0.25) is 17.7 Å². The number of piperidine rings is 1. The Bertz CT molecular complexity index is 1420. The Morgan fingerprint density at radius 3 is 2.51 bits per heavy atom. The van der Waals surface area contributed by atoms with Gasteiger partial charge in [-0.1, -0.05) is 13.8 Å². The number of hydrogen-bond donors (Lipinski definition) is 3. The fourth-order valence-corrected chi connectivity index (χ4v) is 5.98. The topological polar surface area (TPSA) is 142 Å². The summed E-state index contributed by atoms with van der Waals surface area (Å²) in [7, 11) is -3.95. The predicted octanol–water partition coefficient (Wildman–Crippen LogP) is 1.87. The van der Waals surface area contributed by atoms with Gasteiger partial charge in [-0.25, -0.2) is 8.42 Å². The van der Waals surface area contributed by atoms with E-state index in [4.69, 9.17) is 0 Å². The molecule has 3 aliphatic rings. The van der Waals surface area contributed by atoms with Crippen molar-refractivity contribution in [3.05, 3.63) is 53.1 Å². The van der Waals surface area contributed by atoms with E-state index in [0.717, 1.165) is 5.56 Å². The van der Waals surface area contributed by atoms with Gasteiger partial charge in [0.15, 0.2) is 0 Å². The van der Waals surface area contributed by atoms with Crippen LogP contribution in [0.25, 0.3) is 0 Å². The zero-order chi connectivity index (χ0) is 25.1. The number of fused-ring (bicyclic) bond motifs is 2. The summed E-state index contributed by atoms with van der Waals surface area (Å²) in [5, 5.41) is 5.03. The van der Waals surface area contributed by atoms with Crippen LogP contribution in [0.2, 0.25) is 0 Å². The van der Waals surface area contributed by atoms with Crippen molar-refractivity contribution in [2.75, 3.05) is 10.0 Å². The average Bonchev–Trinajstić information content (AvgIpc) is 3.08. The number of carbonyl (C=O) groups excluding carboxylic acids is 4. The van der Waals surface area contributed by atoms with Crippen molar-refractivity contribution in [1.29, 1.82) is 0 Å². The highest BCUT2D eigenvalue weighted by molar-refractivity contribution is 7.92. The molecule has 3 aliphatic heterocycles. The molecule has 0 saturated carbocycles. The summed E-state index contributed by atoms with van der Waals surface area (Å²) in [6, 6.07) is 8.47. The van der Waals surface area contributed by atoms with E-state index in [9.17, 15) is 27.6 Å². The summed E-state index contributed by atoms with van der Waals surface area (Å²) in [6.45, 7) is 3.92. The van der Waals surface area contributed by atoms with Crippen molar-refractivity contribution in [3.63, 3.8) is 0 Å². The average molecular weight is 497 g/mol. The Balaban J connectivity index is 1.38. The maximum absolute atomic E-state index is 13.2. The Labute approximate surface area is 202 Å². The number of sulfonamides is 1. The van der Waals surface area contributed by atoms with Crippen molar-refractivity contribution < 1.29 is 27.6 Å². The second-order valence-corrected chi connectivity index (χ2v) is 11.4. The SMILES string of the molecule is CC1(C)CC(=O)Nc2ccc(S(=O)(=O)Nc3ccc4c(c3)CN(C3CCC(=O)NC3=O)C4=O)cc21. The predicted molar refractivity (Wildman–Crippen MR) is 126 cm³/mol. The van der Waals surface area contributed by atoms with Gasteiger partial charge in [-0.05, 0) is 53.9 Å². The summed E-state index contributed by atoms with van der Waals surface area (Å²) in [5.41, 5.74) is 2.08. The molecule has 0 spiro atoms. The second-order valence-electron chi connectivity index (χ2n) is 9.69. The molecular formula is C24H24N4O6S. The maximum atomic E-state index is 13.2. The first-order chi connectivity index (χ1) is 16.4. The van der Waals surface area contributed by atoms with Crippen molar-refractivity contribution >= 4 is 45.0 Å². The van der Waals surface area contributed by atoms with Gasteiger partial charge in [-0.2, -0.15) is 0 Å². The van der Waals surface area contributed by atoms with Crippen LogP contribution >= 0.6 is 0 Å². The number of imide groups is 1. The van der Waals surface area contributed by atoms with Crippen LogP contribution in [0.3, 0.4) is 0 Å². The van der Waals surface area contributed by atoms with Gasteiger partial charge in [0, 0.05) is 41.7 Å². The zero-order valence-corrected chi connectivity index (χ0v) is 20.0. The van der Waals surface area contributed by atoms with Gasteiger partial charge in [0.05, 0.1) is 4.90 Å². The largest absolute Gasteiger partial charge is 0.326 e. The van der Waals surface area contributed by atoms with Crippen molar-refractivity contribution in [3.8, 4) is 0 Å².